The Kier molecular flexibility index (Phi) is 12.2. The van der Waals surface area contributed by atoms with E-state index in [1.165, 1.54) is 26.0 Å². The minimum absolute atomic E-state index is 0.0550. The van der Waals surface area contributed by atoms with E-state index >= 15 is 0 Å². The summed E-state index contributed by atoms with van der Waals surface area (Å²) in [7, 11) is 0. The molecule has 244 valence electrons. The number of esters is 1. The lowest BCUT2D eigenvalue weighted by Gasteiger charge is -2.21. The maximum Gasteiger partial charge on any atom is 0.451 e. The number of hydrogen-bond acceptors (Lipinski definition) is 9. The van der Waals surface area contributed by atoms with Crippen LogP contribution in [-0.4, -0.2) is 58.1 Å². The molecule has 1 heterocycles. The van der Waals surface area contributed by atoms with E-state index in [4.69, 9.17) is 9.47 Å². The first kappa shape index (κ1) is 35.1. The van der Waals surface area contributed by atoms with Crippen LogP contribution in [0, 0.1) is 12.7 Å². The molecule has 0 aliphatic carbocycles. The summed E-state index contributed by atoms with van der Waals surface area (Å²) in [5.74, 6) is -7.94. The van der Waals surface area contributed by atoms with Crippen molar-refractivity contribution in [2.45, 2.75) is 51.6 Å². The number of rotatable bonds is 13. The predicted molar refractivity (Wildman–Crippen MR) is 152 cm³/mol. The largest absolute Gasteiger partial charge is 0.469 e. The lowest BCUT2D eigenvalue weighted by atomic mass is 10.1. The molecule has 0 fully saturated rings. The van der Waals surface area contributed by atoms with E-state index in [1.54, 1.807) is 30.3 Å². The summed E-state index contributed by atoms with van der Waals surface area (Å²) in [5.41, 5.74) is 0.817. The molecule has 3 aromatic rings. The van der Waals surface area contributed by atoms with Crippen molar-refractivity contribution in [2.75, 3.05) is 11.9 Å². The summed E-state index contributed by atoms with van der Waals surface area (Å²) in [4.78, 5) is 69.3. The van der Waals surface area contributed by atoms with Crippen LogP contribution in [0.2, 0.25) is 0 Å². The molecule has 46 heavy (non-hydrogen) atoms. The molecule has 1 aromatic heterocycles. The Morgan fingerprint density at radius 1 is 0.935 bits per heavy atom. The second kappa shape index (κ2) is 16.1. The monoisotopic (exact) mass is 647 g/mol. The van der Waals surface area contributed by atoms with Crippen LogP contribution >= 0.6 is 0 Å². The topological polar surface area (TPSA) is 166 Å². The molecule has 0 spiro atoms. The number of nitrogens with one attached hydrogen (secondary N) is 3. The summed E-state index contributed by atoms with van der Waals surface area (Å²) in [6.45, 7) is 1.79. The molecule has 0 bridgehead atoms. The van der Waals surface area contributed by atoms with Crippen LogP contribution in [0.3, 0.4) is 0 Å². The molecule has 0 saturated heterocycles. The average molecular weight is 648 g/mol. The van der Waals surface area contributed by atoms with Gasteiger partial charge in [-0.15, -0.1) is 0 Å². The van der Waals surface area contributed by atoms with Gasteiger partial charge in [0.15, 0.2) is 12.4 Å². The van der Waals surface area contributed by atoms with Crippen molar-refractivity contribution in [2.24, 2.45) is 0 Å². The number of hydrogen-bond donors (Lipinski definition) is 3. The third-order valence-corrected chi connectivity index (χ3v) is 6.24. The van der Waals surface area contributed by atoms with Crippen molar-refractivity contribution in [3.05, 3.63) is 83.6 Å². The minimum atomic E-state index is -4.87. The number of alkyl halides is 3. The quantitative estimate of drug-likeness (QED) is 0.144. The number of carbonyl (C=O) groups excluding carboxylic acids is 5. The highest BCUT2D eigenvalue weighted by atomic mass is 19.4. The second-order valence-electron chi connectivity index (χ2n) is 9.80. The number of ether oxygens (including phenoxy) is 2. The Morgan fingerprint density at radius 2 is 1.65 bits per heavy atom. The zero-order valence-electron chi connectivity index (χ0n) is 24.5. The number of nitrogens with zero attached hydrogens (tertiary/aromatic N) is 2. The van der Waals surface area contributed by atoms with E-state index in [1.807, 2.05) is 0 Å². The summed E-state index contributed by atoms with van der Waals surface area (Å²) in [6.07, 6.45) is -4.76. The van der Waals surface area contributed by atoms with Crippen LogP contribution in [0.5, 0.6) is 5.88 Å². The number of aryl methyl sites for hydroxylation is 1. The molecular formula is C30H29F4N5O7. The Labute approximate surface area is 259 Å². The summed E-state index contributed by atoms with van der Waals surface area (Å²) in [5, 5.41) is 6.58. The highest BCUT2D eigenvalue weighted by Crippen LogP contribution is 2.26. The second-order valence-corrected chi connectivity index (χ2v) is 9.80. The number of carbonyl (C=O) groups is 5. The SMILES string of the molecule is Cc1cccc(F)c1NC(=O)C(=O)N[C@@H](C)C(=O)N[C@@H](CCC(=O)OCc1ccccc1)C(=O)COc1ccnc(C(F)(F)F)n1. The predicted octanol–water partition coefficient (Wildman–Crippen LogP) is 3.04. The van der Waals surface area contributed by atoms with Crippen LogP contribution in [-0.2, 0) is 41.5 Å². The van der Waals surface area contributed by atoms with Gasteiger partial charge in [-0.3, -0.25) is 24.0 Å². The van der Waals surface area contributed by atoms with Crippen molar-refractivity contribution in [3.63, 3.8) is 0 Å². The molecule has 0 radical (unpaired) electrons. The molecule has 0 unspecified atom stereocenters. The van der Waals surface area contributed by atoms with E-state index in [9.17, 15) is 41.5 Å². The normalized spacial score (nSPS) is 12.3. The molecule has 3 rings (SSSR count). The fourth-order valence-electron chi connectivity index (χ4n) is 3.78. The highest BCUT2D eigenvalue weighted by molar-refractivity contribution is 6.40. The highest BCUT2D eigenvalue weighted by Gasteiger charge is 2.35. The molecule has 3 amide bonds. The van der Waals surface area contributed by atoms with Crippen LogP contribution in [0.25, 0.3) is 0 Å². The van der Waals surface area contributed by atoms with Crippen molar-refractivity contribution in [3.8, 4) is 5.88 Å². The number of aromatic nitrogens is 2. The van der Waals surface area contributed by atoms with E-state index in [2.05, 4.69) is 25.9 Å². The number of amides is 3. The van der Waals surface area contributed by atoms with Crippen LogP contribution in [0.15, 0.2) is 60.8 Å². The maximum atomic E-state index is 14.0. The molecule has 0 saturated carbocycles. The first-order valence-corrected chi connectivity index (χ1v) is 13.7. The Bertz CT molecular complexity index is 1550. The molecule has 0 aliphatic rings. The van der Waals surface area contributed by atoms with Crippen LogP contribution < -0.4 is 20.7 Å². The zero-order valence-corrected chi connectivity index (χ0v) is 24.5. The van der Waals surface area contributed by atoms with E-state index in [0.717, 1.165) is 18.3 Å². The van der Waals surface area contributed by atoms with Gasteiger partial charge in [0.1, 0.15) is 18.5 Å². The first-order chi connectivity index (χ1) is 21.7. The smallest absolute Gasteiger partial charge is 0.451 e. The number of anilines is 1. The van der Waals surface area contributed by atoms with Gasteiger partial charge in [-0.05, 0) is 37.5 Å². The minimum Gasteiger partial charge on any atom is -0.469 e. The van der Waals surface area contributed by atoms with Gasteiger partial charge < -0.3 is 25.4 Å². The van der Waals surface area contributed by atoms with Crippen molar-refractivity contribution in [1.82, 2.24) is 20.6 Å². The van der Waals surface area contributed by atoms with Gasteiger partial charge in [0.25, 0.3) is 0 Å². The number of para-hydroxylation sites is 1. The Balaban J connectivity index is 1.64. The number of Topliss-reactive ketones (excluding diaryl/α,β-unsaturated/α-hetero) is 1. The standard InChI is InChI=1S/C30H29F4N5O7/c1-17-7-6-10-20(31)25(17)39-28(44)27(43)36-18(2)26(42)37-21(11-12-24(41)46-15-19-8-4-3-5-9-19)22(40)16-45-23-13-14-35-29(38-23)30(32,33)34/h3-10,13-14,18,21H,11-12,15-16H2,1-2H3,(H,36,43)(H,37,42)(H,39,44)/t18-,21-/m0/s1. The van der Waals surface area contributed by atoms with E-state index in [0.29, 0.717) is 11.1 Å². The third-order valence-electron chi connectivity index (χ3n) is 6.24. The fourth-order valence-corrected chi connectivity index (χ4v) is 3.78. The lowest BCUT2D eigenvalue weighted by Crippen LogP contribution is -2.52. The number of ketones is 1. The first-order valence-electron chi connectivity index (χ1n) is 13.7. The maximum absolute atomic E-state index is 14.0. The fraction of sp³-hybridized carbons (Fsp3) is 0.300. The van der Waals surface area contributed by atoms with Crippen molar-refractivity contribution >= 4 is 35.2 Å². The molecule has 0 aliphatic heterocycles. The number of halogens is 4. The third kappa shape index (κ3) is 10.6. The van der Waals surface area contributed by atoms with Crippen molar-refractivity contribution < 1.29 is 51.0 Å². The molecule has 12 nitrogen and oxygen atoms in total. The zero-order chi connectivity index (χ0) is 33.9. The van der Waals surface area contributed by atoms with Gasteiger partial charge in [-0.25, -0.2) is 9.37 Å². The molecular weight excluding hydrogens is 618 g/mol. The van der Waals surface area contributed by atoms with Gasteiger partial charge in [-0.1, -0.05) is 42.5 Å². The van der Waals surface area contributed by atoms with Gasteiger partial charge >= 0.3 is 24.0 Å². The summed E-state index contributed by atoms with van der Waals surface area (Å²) in [6, 6.07) is 10.9. The van der Waals surface area contributed by atoms with Crippen LogP contribution in [0.1, 0.15) is 36.7 Å². The van der Waals surface area contributed by atoms with E-state index in [-0.39, 0.29) is 25.1 Å². The summed E-state index contributed by atoms with van der Waals surface area (Å²) < 4.78 is 63.1. The van der Waals surface area contributed by atoms with E-state index < -0.39 is 71.9 Å². The van der Waals surface area contributed by atoms with Crippen molar-refractivity contribution in [1.29, 1.82) is 0 Å². The lowest BCUT2D eigenvalue weighted by molar-refractivity contribution is -0.146. The molecule has 2 aromatic carbocycles. The summed E-state index contributed by atoms with van der Waals surface area (Å²) >= 11 is 0. The Morgan fingerprint density at radius 3 is 2.33 bits per heavy atom. The average Bonchev–Trinajstić information content (AvgIpc) is 3.02. The van der Waals surface area contributed by atoms with Gasteiger partial charge in [0.2, 0.25) is 17.6 Å². The number of benzene rings is 2. The molecule has 16 heteroatoms. The van der Waals surface area contributed by atoms with Gasteiger partial charge in [0, 0.05) is 18.7 Å². The Hall–Kier alpha value is -5.41. The van der Waals surface area contributed by atoms with Gasteiger partial charge in [0.05, 0.1) is 11.7 Å². The van der Waals surface area contributed by atoms with Gasteiger partial charge in [-0.2, -0.15) is 18.2 Å². The van der Waals surface area contributed by atoms with Crippen LogP contribution in [0.4, 0.5) is 23.2 Å². The molecule has 3 N–H and O–H groups in total. The molecule has 2 atom stereocenters.